The van der Waals surface area contributed by atoms with Crippen LogP contribution < -0.4 is 11.1 Å². The normalized spacial score (nSPS) is 25.1. The van der Waals surface area contributed by atoms with E-state index in [-0.39, 0.29) is 5.91 Å². The number of hydrogen-bond acceptors (Lipinski definition) is 3. The summed E-state index contributed by atoms with van der Waals surface area (Å²) in [4.78, 5) is 10.6. The number of primary amides is 1. The fourth-order valence-corrected chi connectivity index (χ4v) is 3.45. The molecule has 1 rings (SSSR count). The summed E-state index contributed by atoms with van der Waals surface area (Å²) in [5.41, 5.74) is 5.48. The van der Waals surface area contributed by atoms with Crippen LogP contribution >= 0.6 is 11.8 Å². The van der Waals surface area contributed by atoms with Crippen molar-refractivity contribution in [3.8, 4) is 0 Å². The molecule has 1 atom stereocenters. The number of amides is 1. The lowest BCUT2D eigenvalue weighted by Crippen LogP contribution is -2.46. The first kappa shape index (κ1) is 12.8. The predicted octanol–water partition coefficient (Wildman–Crippen LogP) is 1.37. The molecule has 1 saturated heterocycles. The molecule has 1 heterocycles. The van der Waals surface area contributed by atoms with Gasteiger partial charge in [-0.05, 0) is 30.6 Å². The second-order valence-corrected chi connectivity index (χ2v) is 6.04. The van der Waals surface area contributed by atoms with Crippen LogP contribution in [0.5, 0.6) is 0 Å². The Balaban J connectivity index is 2.21. The molecule has 0 aromatic carbocycles. The molecule has 0 aliphatic carbocycles. The Morgan fingerprint density at radius 3 is 2.93 bits per heavy atom. The molecule has 1 aliphatic heterocycles. The van der Waals surface area contributed by atoms with Crippen LogP contribution in [0.4, 0.5) is 0 Å². The SMILES string of the molecule is CC1(C)CCSCC1NCCCC(N)=O. The molecule has 88 valence electrons. The van der Waals surface area contributed by atoms with Crippen molar-refractivity contribution in [3.63, 3.8) is 0 Å². The lowest BCUT2D eigenvalue weighted by Gasteiger charge is -2.38. The van der Waals surface area contributed by atoms with E-state index >= 15 is 0 Å². The maximum absolute atomic E-state index is 10.6. The molecule has 0 spiro atoms. The summed E-state index contributed by atoms with van der Waals surface area (Å²) in [6.07, 6.45) is 2.62. The number of rotatable bonds is 5. The highest BCUT2D eigenvalue weighted by molar-refractivity contribution is 7.99. The van der Waals surface area contributed by atoms with Crippen molar-refractivity contribution < 1.29 is 4.79 Å². The summed E-state index contributed by atoms with van der Waals surface area (Å²) in [6, 6.07) is 0.573. The molecule has 1 fully saturated rings. The van der Waals surface area contributed by atoms with E-state index in [0.29, 0.717) is 17.9 Å². The van der Waals surface area contributed by atoms with E-state index in [0.717, 1.165) is 13.0 Å². The van der Waals surface area contributed by atoms with Crippen LogP contribution in [-0.4, -0.2) is 30.0 Å². The highest BCUT2D eigenvalue weighted by Gasteiger charge is 2.31. The van der Waals surface area contributed by atoms with E-state index in [1.165, 1.54) is 17.9 Å². The fourth-order valence-electron chi connectivity index (χ4n) is 1.81. The minimum absolute atomic E-state index is 0.200. The molecule has 1 aliphatic rings. The average molecular weight is 230 g/mol. The minimum Gasteiger partial charge on any atom is -0.370 e. The third kappa shape index (κ3) is 4.43. The summed E-state index contributed by atoms with van der Waals surface area (Å²) in [5, 5.41) is 3.54. The molecule has 0 radical (unpaired) electrons. The zero-order valence-electron chi connectivity index (χ0n) is 9.71. The van der Waals surface area contributed by atoms with Crippen molar-refractivity contribution in [2.75, 3.05) is 18.1 Å². The van der Waals surface area contributed by atoms with Gasteiger partial charge in [0.25, 0.3) is 0 Å². The minimum atomic E-state index is -0.200. The maximum atomic E-state index is 10.6. The fraction of sp³-hybridized carbons (Fsp3) is 0.909. The molecule has 4 heteroatoms. The molecule has 0 saturated carbocycles. The predicted molar refractivity (Wildman–Crippen MR) is 65.9 cm³/mol. The van der Waals surface area contributed by atoms with Crippen molar-refractivity contribution in [1.29, 1.82) is 0 Å². The van der Waals surface area contributed by atoms with Crippen LogP contribution in [-0.2, 0) is 4.79 Å². The van der Waals surface area contributed by atoms with Gasteiger partial charge in [-0.1, -0.05) is 13.8 Å². The van der Waals surface area contributed by atoms with Crippen LogP contribution in [0.1, 0.15) is 33.1 Å². The Kier molecular flexibility index (Phi) is 4.93. The summed E-state index contributed by atoms with van der Waals surface area (Å²) in [6.45, 7) is 5.54. The third-order valence-corrected chi connectivity index (χ3v) is 4.17. The van der Waals surface area contributed by atoms with Crippen LogP contribution in [0.3, 0.4) is 0 Å². The number of carbonyl (C=O) groups excluding carboxylic acids is 1. The zero-order chi connectivity index (χ0) is 11.3. The van der Waals surface area contributed by atoms with Crippen molar-refractivity contribution in [2.24, 2.45) is 11.1 Å². The number of nitrogens with two attached hydrogens (primary N) is 1. The van der Waals surface area contributed by atoms with Gasteiger partial charge in [0, 0.05) is 18.2 Å². The summed E-state index contributed by atoms with van der Waals surface area (Å²) >= 11 is 2.02. The number of nitrogens with one attached hydrogen (secondary N) is 1. The topological polar surface area (TPSA) is 55.1 Å². The van der Waals surface area contributed by atoms with Gasteiger partial charge in [-0.2, -0.15) is 11.8 Å². The number of carbonyl (C=O) groups is 1. The lowest BCUT2D eigenvalue weighted by atomic mass is 9.82. The summed E-state index contributed by atoms with van der Waals surface area (Å²) in [5.74, 6) is 2.25. The Morgan fingerprint density at radius 1 is 1.60 bits per heavy atom. The van der Waals surface area contributed by atoms with Gasteiger partial charge in [0.15, 0.2) is 0 Å². The molecule has 0 bridgehead atoms. The van der Waals surface area contributed by atoms with Gasteiger partial charge in [-0.15, -0.1) is 0 Å². The van der Waals surface area contributed by atoms with Gasteiger partial charge in [0.05, 0.1) is 0 Å². The molecule has 0 aromatic rings. The van der Waals surface area contributed by atoms with Gasteiger partial charge in [0.2, 0.25) is 5.91 Å². The second kappa shape index (κ2) is 5.75. The summed E-state index contributed by atoms with van der Waals surface area (Å²) < 4.78 is 0. The Labute approximate surface area is 96.6 Å². The first-order chi connectivity index (χ1) is 7.02. The molecule has 3 N–H and O–H groups in total. The highest BCUT2D eigenvalue weighted by atomic mass is 32.2. The molecular weight excluding hydrogens is 208 g/mol. The van der Waals surface area contributed by atoms with Crippen LogP contribution in [0, 0.1) is 5.41 Å². The lowest BCUT2D eigenvalue weighted by molar-refractivity contribution is -0.118. The number of thioether (sulfide) groups is 1. The molecule has 3 nitrogen and oxygen atoms in total. The quantitative estimate of drug-likeness (QED) is 0.701. The molecule has 1 amide bonds. The van der Waals surface area contributed by atoms with E-state index in [1.807, 2.05) is 11.8 Å². The monoisotopic (exact) mass is 230 g/mol. The van der Waals surface area contributed by atoms with Crippen molar-refractivity contribution in [2.45, 2.75) is 39.2 Å². The summed E-state index contributed by atoms with van der Waals surface area (Å²) in [7, 11) is 0. The molecule has 1 unspecified atom stereocenters. The van der Waals surface area contributed by atoms with Gasteiger partial charge in [0.1, 0.15) is 0 Å². The van der Waals surface area contributed by atoms with Crippen molar-refractivity contribution in [3.05, 3.63) is 0 Å². The van der Waals surface area contributed by atoms with Gasteiger partial charge in [-0.3, -0.25) is 4.79 Å². The maximum Gasteiger partial charge on any atom is 0.217 e. The van der Waals surface area contributed by atoms with Crippen molar-refractivity contribution in [1.82, 2.24) is 5.32 Å². The Bertz CT molecular complexity index is 219. The third-order valence-electron chi connectivity index (χ3n) is 3.11. The van der Waals surface area contributed by atoms with Crippen LogP contribution in [0.25, 0.3) is 0 Å². The van der Waals surface area contributed by atoms with Gasteiger partial charge >= 0.3 is 0 Å². The first-order valence-electron chi connectivity index (χ1n) is 5.62. The van der Waals surface area contributed by atoms with E-state index in [9.17, 15) is 4.79 Å². The van der Waals surface area contributed by atoms with Gasteiger partial charge < -0.3 is 11.1 Å². The van der Waals surface area contributed by atoms with Crippen molar-refractivity contribution >= 4 is 17.7 Å². The molecule has 15 heavy (non-hydrogen) atoms. The largest absolute Gasteiger partial charge is 0.370 e. The second-order valence-electron chi connectivity index (χ2n) is 4.89. The molecular formula is C11H22N2OS. The highest BCUT2D eigenvalue weighted by Crippen LogP contribution is 2.33. The Hall–Kier alpha value is -0.220. The smallest absolute Gasteiger partial charge is 0.217 e. The van der Waals surface area contributed by atoms with E-state index in [1.54, 1.807) is 0 Å². The van der Waals surface area contributed by atoms with E-state index in [4.69, 9.17) is 5.73 Å². The van der Waals surface area contributed by atoms with Crippen LogP contribution in [0.15, 0.2) is 0 Å². The standard InChI is InChI=1S/C11H22N2OS/c1-11(2)5-7-15-8-9(11)13-6-3-4-10(12)14/h9,13H,3-8H2,1-2H3,(H2,12,14). The van der Waals surface area contributed by atoms with Gasteiger partial charge in [-0.25, -0.2) is 0 Å². The average Bonchev–Trinajstić information content (AvgIpc) is 2.13. The van der Waals surface area contributed by atoms with Crippen LogP contribution in [0.2, 0.25) is 0 Å². The molecule has 0 aromatic heterocycles. The zero-order valence-corrected chi connectivity index (χ0v) is 10.5. The Morgan fingerprint density at radius 2 is 2.33 bits per heavy atom. The number of hydrogen-bond donors (Lipinski definition) is 2. The first-order valence-corrected chi connectivity index (χ1v) is 6.77. The van der Waals surface area contributed by atoms with E-state index < -0.39 is 0 Å². The van der Waals surface area contributed by atoms with E-state index in [2.05, 4.69) is 19.2 Å².